The second-order valence-corrected chi connectivity index (χ2v) is 5.99. The Morgan fingerprint density at radius 3 is 2.32 bits per heavy atom. The van der Waals surface area contributed by atoms with Crippen LogP contribution in [0.3, 0.4) is 0 Å². The van der Waals surface area contributed by atoms with Crippen LogP contribution in [0.4, 0.5) is 18.9 Å². The molecular formula is C15H15F3N2O2. The van der Waals surface area contributed by atoms with Crippen LogP contribution in [-0.2, 0) is 11.0 Å². The van der Waals surface area contributed by atoms with Crippen LogP contribution in [0.15, 0.2) is 30.0 Å². The lowest BCUT2D eigenvalue weighted by Gasteiger charge is -2.23. The van der Waals surface area contributed by atoms with Crippen LogP contribution < -0.4 is 10.6 Å². The maximum absolute atomic E-state index is 12.7. The Morgan fingerprint density at radius 2 is 1.77 bits per heavy atom. The van der Waals surface area contributed by atoms with E-state index in [4.69, 9.17) is 0 Å². The minimum atomic E-state index is -4.54. The molecule has 0 aromatic heterocycles. The molecule has 1 heterocycles. The van der Waals surface area contributed by atoms with Gasteiger partial charge in [0.1, 0.15) is 5.57 Å². The molecule has 1 amide bonds. The monoisotopic (exact) mass is 312 g/mol. The van der Waals surface area contributed by atoms with E-state index in [1.807, 2.05) is 20.8 Å². The van der Waals surface area contributed by atoms with E-state index in [9.17, 15) is 22.8 Å². The van der Waals surface area contributed by atoms with Crippen molar-refractivity contribution in [1.29, 1.82) is 0 Å². The zero-order valence-corrected chi connectivity index (χ0v) is 12.3. The molecule has 0 saturated heterocycles. The van der Waals surface area contributed by atoms with Crippen LogP contribution >= 0.6 is 0 Å². The van der Waals surface area contributed by atoms with Crippen LogP contribution in [-0.4, -0.2) is 17.2 Å². The van der Waals surface area contributed by atoms with Gasteiger partial charge >= 0.3 is 6.18 Å². The fourth-order valence-electron chi connectivity index (χ4n) is 1.88. The lowest BCUT2D eigenvalue weighted by Crippen LogP contribution is -2.35. The average Bonchev–Trinajstić information content (AvgIpc) is 2.35. The first-order valence-corrected chi connectivity index (χ1v) is 6.54. The van der Waals surface area contributed by atoms with E-state index in [2.05, 4.69) is 10.6 Å². The van der Waals surface area contributed by atoms with E-state index in [-0.39, 0.29) is 22.4 Å². The van der Waals surface area contributed by atoms with Gasteiger partial charge in [0.05, 0.1) is 11.3 Å². The molecule has 0 saturated carbocycles. The van der Waals surface area contributed by atoms with Gasteiger partial charge in [0.2, 0.25) is 5.78 Å². The third-order valence-electron chi connectivity index (χ3n) is 2.98. The topological polar surface area (TPSA) is 58.2 Å². The second kappa shape index (κ2) is 5.15. The van der Waals surface area contributed by atoms with Crippen molar-refractivity contribution >= 4 is 17.4 Å². The van der Waals surface area contributed by atoms with E-state index in [0.717, 1.165) is 18.2 Å². The molecule has 22 heavy (non-hydrogen) atoms. The smallest absolute Gasteiger partial charge is 0.386 e. The maximum Gasteiger partial charge on any atom is 0.416 e. The number of amides is 1. The van der Waals surface area contributed by atoms with Crippen molar-refractivity contribution < 1.29 is 22.8 Å². The maximum atomic E-state index is 12.7. The molecule has 2 rings (SSSR count). The van der Waals surface area contributed by atoms with Gasteiger partial charge in [-0.15, -0.1) is 0 Å². The van der Waals surface area contributed by atoms with Crippen LogP contribution in [0.25, 0.3) is 0 Å². The number of nitrogens with one attached hydrogen (secondary N) is 2. The lowest BCUT2D eigenvalue weighted by atomic mass is 9.95. The Hall–Kier alpha value is -2.31. The summed E-state index contributed by atoms with van der Waals surface area (Å²) in [5.74, 6) is -1.34. The third kappa shape index (κ3) is 3.29. The normalized spacial score (nSPS) is 17.3. The standard InChI is InChI=1S/C15H15F3N2O2/c1-14(2,3)19-7-10-12(21)9-5-4-8(15(16,17)18)6-11(9)20-13(10)22/h4-7,19H,1-3H3,(H,20,22)/b10-7-. The number of ketones is 1. The summed E-state index contributed by atoms with van der Waals surface area (Å²) < 4.78 is 38.0. The van der Waals surface area contributed by atoms with Crippen LogP contribution in [0, 0.1) is 0 Å². The highest BCUT2D eigenvalue weighted by Gasteiger charge is 2.34. The van der Waals surface area contributed by atoms with E-state index < -0.39 is 23.4 Å². The Kier molecular flexibility index (Phi) is 3.76. The number of rotatable bonds is 1. The number of Topliss-reactive ketones (excluding diaryl/α,β-unsaturated/α-hetero) is 1. The SMILES string of the molecule is CC(C)(C)N/C=C1\C(=O)Nc2cc(C(F)(F)F)ccc2C1=O. The highest BCUT2D eigenvalue weighted by Crippen LogP contribution is 2.34. The summed E-state index contributed by atoms with van der Waals surface area (Å²) in [6.45, 7) is 5.54. The van der Waals surface area contributed by atoms with E-state index in [1.54, 1.807) is 0 Å². The molecule has 0 unspecified atom stereocenters. The van der Waals surface area contributed by atoms with Crippen molar-refractivity contribution in [3.63, 3.8) is 0 Å². The molecule has 0 bridgehead atoms. The average molecular weight is 312 g/mol. The van der Waals surface area contributed by atoms with Gasteiger partial charge in [-0.25, -0.2) is 0 Å². The third-order valence-corrected chi connectivity index (χ3v) is 2.98. The molecule has 0 spiro atoms. The van der Waals surface area contributed by atoms with Crippen molar-refractivity contribution in [2.45, 2.75) is 32.5 Å². The summed E-state index contributed by atoms with van der Waals surface area (Å²) in [5, 5.41) is 5.22. The first kappa shape index (κ1) is 16.1. The molecule has 7 heteroatoms. The molecule has 0 fully saturated rings. The summed E-state index contributed by atoms with van der Waals surface area (Å²) in [6, 6.07) is 2.66. The van der Waals surface area contributed by atoms with Crippen molar-refractivity contribution in [1.82, 2.24) is 5.32 Å². The molecule has 1 aliphatic heterocycles. The molecule has 2 N–H and O–H groups in total. The van der Waals surface area contributed by atoms with E-state index in [0.29, 0.717) is 0 Å². The fraction of sp³-hybridized carbons (Fsp3) is 0.333. The molecule has 0 atom stereocenters. The first-order chi connectivity index (χ1) is 9.99. The highest BCUT2D eigenvalue weighted by atomic mass is 19.4. The van der Waals surface area contributed by atoms with Crippen LogP contribution in [0.5, 0.6) is 0 Å². The fourth-order valence-corrected chi connectivity index (χ4v) is 1.88. The predicted molar refractivity (Wildman–Crippen MR) is 75.4 cm³/mol. The number of carbonyl (C=O) groups excluding carboxylic acids is 2. The van der Waals surface area contributed by atoms with Gasteiger partial charge < -0.3 is 10.6 Å². The van der Waals surface area contributed by atoms with Crippen molar-refractivity contribution in [3.05, 3.63) is 41.1 Å². The number of hydrogen-bond donors (Lipinski definition) is 2. The molecule has 1 aliphatic rings. The minimum absolute atomic E-state index is 0.0366. The number of carbonyl (C=O) groups is 2. The lowest BCUT2D eigenvalue weighted by molar-refractivity contribution is -0.137. The molecule has 0 radical (unpaired) electrons. The number of benzene rings is 1. The number of anilines is 1. The van der Waals surface area contributed by atoms with Crippen LogP contribution in [0.2, 0.25) is 0 Å². The molecule has 118 valence electrons. The summed E-state index contributed by atoms with van der Waals surface area (Å²) in [7, 11) is 0. The first-order valence-electron chi connectivity index (χ1n) is 6.54. The van der Waals surface area contributed by atoms with Crippen LogP contribution in [0.1, 0.15) is 36.7 Å². The summed E-state index contributed by atoms with van der Waals surface area (Å²) >= 11 is 0. The van der Waals surface area contributed by atoms with Gasteiger partial charge in [-0.05, 0) is 39.0 Å². The zero-order valence-electron chi connectivity index (χ0n) is 12.3. The second-order valence-electron chi connectivity index (χ2n) is 5.99. The minimum Gasteiger partial charge on any atom is -0.386 e. The number of hydrogen-bond acceptors (Lipinski definition) is 3. The Balaban J connectivity index is 2.40. The Labute approximate surface area is 125 Å². The number of alkyl halides is 3. The Morgan fingerprint density at radius 1 is 1.14 bits per heavy atom. The molecule has 0 aliphatic carbocycles. The number of fused-ring (bicyclic) bond motifs is 1. The van der Waals surface area contributed by atoms with Gasteiger partial charge in [0.15, 0.2) is 0 Å². The molecule has 1 aromatic carbocycles. The quantitative estimate of drug-likeness (QED) is 0.619. The van der Waals surface area contributed by atoms with Crippen molar-refractivity contribution in [2.75, 3.05) is 5.32 Å². The van der Waals surface area contributed by atoms with Gasteiger partial charge in [0.25, 0.3) is 5.91 Å². The van der Waals surface area contributed by atoms with Gasteiger partial charge in [0, 0.05) is 17.3 Å². The van der Waals surface area contributed by atoms with Crippen molar-refractivity contribution in [3.8, 4) is 0 Å². The van der Waals surface area contributed by atoms with Crippen molar-refractivity contribution in [2.24, 2.45) is 0 Å². The van der Waals surface area contributed by atoms with E-state index in [1.165, 1.54) is 6.20 Å². The Bertz CT molecular complexity index is 670. The summed E-state index contributed by atoms with van der Waals surface area (Å²) in [6.07, 6.45) is -3.25. The zero-order chi connectivity index (χ0) is 16.7. The highest BCUT2D eigenvalue weighted by molar-refractivity contribution is 6.33. The molecular weight excluding hydrogens is 297 g/mol. The predicted octanol–water partition coefficient (Wildman–Crippen LogP) is 3.11. The van der Waals surface area contributed by atoms with Gasteiger partial charge in [-0.3, -0.25) is 9.59 Å². The van der Waals surface area contributed by atoms with Gasteiger partial charge in [-0.2, -0.15) is 13.2 Å². The molecule has 4 nitrogen and oxygen atoms in total. The van der Waals surface area contributed by atoms with Gasteiger partial charge in [-0.1, -0.05) is 0 Å². The molecule has 1 aromatic rings. The summed E-state index contributed by atoms with van der Waals surface area (Å²) in [4.78, 5) is 24.2. The number of halogens is 3. The largest absolute Gasteiger partial charge is 0.416 e. The van der Waals surface area contributed by atoms with E-state index >= 15 is 0 Å². The summed E-state index contributed by atoms with van der Waals surface area (Å²) in [5.41, 5.74) is -1.50.